The van der Waals surface area contributed by atoms with Crippen molar-refractivity contribution in [3.05, 3.63) is 27.2 Å². The molecule has 1 saturated heterocycles. The number of carbonyl (C=O) groups is 1. The largest absolute Gasteiger partial charge is 0.325 e. The van der Waals surface area contributed by atoms with Crippen molar-refractivity contribution in [2.45, 2.75) is 12.8 Å². The third kappa shape index (κ3) is 2.97. The topological polar surface area (TPSA) is 32.3 Å². The van der Waals surface area contributed by atoms with E-state index in [1.54, 1.807) is 11.0 Å². The van der Waals surface area contributed by atoms with Gasteiger partial charge < -0.3 is 10.2 Å². The first-order valence-corrected chi connectivity index (χ1v) is 6.42. The Balaban J connectivity index is 2.12. The van der Waals surface area contributed by atoms with E-state index in [0.29, 0.717) is 20.8 Å². The highest BCUT2D eigenvalue weighted by atomic mass is 35.5. The van der Waals surface area contributed by atoms with Crippen LogP contribution in [-0.2, 0) is 0 Å². The highest BCUT2D eigenvalue weighted by Gasteiger charge is 2.19. The first kappa shape index (κ1) is 12.8. The lowest BCUT2D eigenvalue weighted by Crippen LogP contribution is -2.32. The van der Waals surface area contributed by atoms with Gasteiger partial charge in [-0.3, -0.25) is 0 Å². The molecule has 0 radical (unpaired) electrons. The SMILES string of the molecule is O=C(Nc1cc(Cl)c(Cl)cc1Cl)N1CCCC1. The molecule has 3 nitrogen and oxygen atoms in total. The van der Waals surface area contributed by atoms with E-state index in [0.717, 1.165) is 25.9 Å². The molecule has 1 aromatic carbocycles. The molecule has 0 aromatic heterocycles. The molecule has 0 spiro atoms. The van der Waals surface area contributed by atoms with Gasteiger partial charge in [-0.1, -0.05) is 34.8 Å². The highest BCUT2D eigenvalue weighted by molar-refractivity contribution is 6.44. The van der Waals surface area contributed by atoms with E-state index in [1.807, 2.05) is 0 Å². The number of hydrogen-bond donors (Lipinski definition) is 1. The van der Waals surface area contributed by atoms with Crippen molar-refractivity contribution in [3.8, 4) is 0 Å². The average Bonchev–Trinajstić information content (AvgIpc) is 2.79. The quantitative estimate of drug-likeness (QED) is 0.770. The third-order valence-electron chi connectivity index (χ3n) is 2.64. The second-order valence-corrected chi connectivity index (χ2v) is 5.09. The number of carbonyl (C=O) groups excluding carboxylic acids is 1. The second-order valence-electron chi connectivity index (χ2n) is 3.87. The summed E-state index contributed by atoms with van der Waals surface area (Å²) in [6.45, 7) is 1.57. The Morgan fingerprint density at radius 3 is 2.29 bits per heavy atom. The fraction of sp³-hybridized carbons (Fsp3) is 0.364. The zero-order valence-corrected chi connectivity index (χ0v) is 11.2. The van der Waals surface area contributed by atoms with Gasteiger partial charge in [0.25, 0.3) is 0 Å². The number of hydrogen-bond acceptors (Lipinski definition) is 1. The van der Waals surface area contributed by atoms with Crippen LogP contribution >= 0.6 is 34.8 Å². The number of nitrogens with one attached hydrogen (secondary N) is 1. The first-order valence-electron chi connectivity index (χ1n) is 5.28. The summed E-state index contributed by atoms with van der Waals surface area (Å²) in [4.78, 5) is 13.6. The number of urea groups is 1. The molecule has 17 heavy (non-hydrogen) atoms. The molecule has 2 amide bonds. The van der Waals surface area contributed by atoms with Crippen LogP contribution in [0.4, 0.5) is 10.5 Å². The summed E-state index contributed by atoms with van der Waals surface area (Å²) in [6, 6.07) is 2.92. The van der Waals surface area contributed by atoms with Gasteiger partial charge in [-0.25, -0.2) is 4.79 Å². The lowest BCUT2D eigenvalue weighted by molar-refractivity contribution is 0.222. The summed E-state index contributed by atoms with van der Waals surface area (Å²) in [7, 11) is 0. The summed E-state index contributed by atoms with van der Waals surface area (Å²) >= 11 is 17.7. The van der Waals surface area contributed by atoms with Crippen molar-refractivity contribution < 1.29 is 4.79 Å². The van der Waals surface area contributed by atoms with Gasteiger partial charge >= 0.3 is 6.03 Å². The van der Waals surface area contributed by atoms with Gasteiger partial charge in [0.2, 0.25) is 0 Å². The van der Waals surface area contributed by atoms with Crippen LogP contribution in [0.1, 0.15) is 12.8 Å². The fourth-order valence-electron chi connectivity index (χ4n) is 1.73. The Morgan fingerprint density at radius 2 is 1.65 bits per heavy atom. The number of anilines is 1. The minimum Gasteiger partial charge on any atom is -0.325 e. The average molecular weight is 294 g/mol. The lowest BCUT2D eigenvalue weighted by Gasteiger charge is -2.17. The van der Waals surface area contributed by atoms with E-state index in [-0.39, 0.29) is 6.03 Å². The number of amides is 2. The van der Waals surface area contributed by atoms with Crippen LogP contribution < -0.4 is 5.32 Å². The smallest absolute Gasteiger partial charge is 0.321 e. The molecule has 6 heteroatoms. The van der Waals surface area contributed by atoms with Gasteiger partial charge in [0.1, 0.15) is 0 Å². The van der Waals surface area contributed by atoms with Crippen molar-refractivity contribution in [1.82, 2.24) is 4.90 Å². The molecular formula is C11H11Cl3N2O. The number of likely N-dealkylation sites (tertiary alicyclic amines) is 1. The molecule has 1 aliphatic rings. The predicted molar refractivity (Wildman–Crippen MR) is 71.3 cm³/mol. The predicted octanol–water partition coefficient (Wildman–Crippen LogP) is 4.27. The van der Waals surface area contributed by atoms with Gasteiger partial charge in [-0.05, 0) is 25.0 Å². The molecule has 0 unspecified atom stereocenters. The number of nitrogens with zero attached hydrogens (tertiary/aromatic N) is 1. The number of halogens is 3. The van der Waals surface area contributed by atoms with Crippen molar-refractivity contribution in [2.75, 3.05) is 18.4 Å². The molecule has 0 bridgehead atoms. The molecule has 2 rings (SSSR count). The van der Waals surface area contributed by atoms with E-state index in [4.69, 9.17) is 34.8 Å². The zero-order chi connectivity index (χ0) is 12.4. The Labute approximate surface area is 115 Å². The van der Waals surface area contributed by atoms with Gasteiger partial charge in [0, 0.05) is 13.1 Å². The van der Waals surface area contributed by atoms with Gasteiger partial charge in [-0.15, -0.1) is 0 Å². The molecule has 0 saturated carbocycles. The standard InChI is InChI=1S/C11H11Cl3N2O/c12-7-5-9(14)10(6-8(7)13)15-11(17)16-3-1-2-4-16/h5-6H,1-4H2,(H,15,17). The molecule has 1 heterocycles. The lowest BCUT2D eigenvalue weighted by atomic mass is 10.3. The Kier molecular flexibility index (Phi) is 4.02. The maximum Gasteiger partial charge on any atom is 0.321 e. The minimum absolute atomic E-state index is 0.150. The van der Waals surface area contributed by atoms with E-state index in [2.05, 4.69) is 5.32 Å². The monoisotopic (exact) mass is 292 g/mol. The van der Waals surface area contributed by atoms with E-state index < -0.39 is 0 Å². The third-order valence-corrected chi connectivity index (χ3v) is 3.68. The maximum absolute atomic E-state index is 11.8. The Bertz CT molecular complexity index is 445. The molecule has 1 aliphatic heterocycles. The van der Waals surface area contributed by atoms with Crippen LogP contribution in [0.2, 0.25) is 15.1 Å². The van der Waals surface area contributed by atoms with Crippen LogP contribution in [0.15, 0.2) is 12.1 Å². The van der Waals surface area contributed by atoms with Gasteiger partial charge in [0.05, 0.1) is 20.8 Å². The summed E-state index contributed by atoms with van der Waals surface area (Å²) in [5, 5.41) is 3.85. The summed E-state index contributed by atoms with van der Waals surface area (Å²) in [5.41, 5.74) is 0.484. The Morgan fingerprint density at radius 1 is 1.06 bits per heavy atom. The summed E-state index contributed by atoms with van der Waals surface area (Å²) in [6.07, 6.45) is 2.09. The van der Waals surface area contributed by atoms with Gasteiger partial charge in [0.15, 0.2) is 0 Å². The van der Waals surface area contributed by atoms with Crippen molar-refractivity contribution in [2.24, 2.45) is 0 Å². The van der Waals surface area contributed by atoms with E-state index >= 15 is 0 Å². The van der Waals surface area contributed by atoms with E-state index in [1.165, 1.54) is 6.07 Å². The fourth-order valence-corrected chi connectivity index (χ4v) is 2.33. The number of benzene rings is 1. The van der Waals surface area contributed by atoms with Crippen molar-refractivity contribution in [3.63, 3.8) is 0 Å². The minimum atomic E-state index is -0.150. The van der Waals surface area contributed by atoms with Crippen LogP contribution in [0.5, 0.6) is 0 Å². The van der Waals surface area contributed by atoms with Gasteiger partial charge in [-0.2, -0.15) is 0 Å². The van der Waals surface area contributed by atoms with Crippen LogP contribution in [-0.4, -0.2) is 24.0 Å². The maximum atomic E-state index is 11.8. The Hall–Kier alpha value is -0.640. The van der Waals surface area contributed by atoms with E-state index in [9.17, 15) is 4.79 Å². The molecule has 0 atom stereocenters. The van der Waals surface area contributed by atoms with Crippen LogP contribution in [0.3, 0.4) is 0 Å². The summed E-state index contributed by atoms with van der Waals surface area (Å²) < 4.78 is 0. The van der Waals surface area contributed by atoms with Crippen LogP contribution in [0.25, 0.3) is 0 Å². The van der Waals surface area contributed by atoms with Crippen molar-refractivity contribution >= 4 is 46.5 Å². The first-order chi connectivity index (χ1) is 8.08. The molecule has 0 aliphatic carbocycles. The highest BCUT2D eigenvalue weighted by Crippen LogP contribution is 2.32. The second kappa shape index (κ2) is 5.34. The van der Waals surface area contributed by atoms with Crippen LogP contribution in [0, 0.1) is 0 Å². The molecule has 92 valence electrons. The molecular weight excluding hydrogens is 282 g/mol. The number of rotatable bonds is 1. The molecule has 1 fully saturated rings. The molecule has 1 N–H and O–H groups in total. The van der Waals surface area contributed by atoms with Crippen molar-refractivity contribution in [1.29, 1.82) is 0 Å². The normalized spacial score (nSPS) is 15.1. The zero-order valence-electron chi connectivity index (χ0n) is 8.97. The molecule has 1 aromatic rings. The summed E-state index contributed by atoms with van der Waals surface area (Å²) in [5.74, 6) is 0.